The molecular formula is C17H32FN5O2S. The number of piperidine rings is 2. The van der Waals surface area contributed by atoms with Crippen LogP contribution in [0.5, 0.6) is 0 Å². The first-order valence-corrected chi connectivity index (χ1v) is 11.1. The van der Waals surface area contributed by atoms with Crippen molar-refractivity contribution in [3.05, 3.63) is 0 Å². The molecule has 7 nitrogen and oxygen atoms in total. The standard InChI is InChI=1S/C17H32FN5O2S/c1-21-7-3-13(4-8-21)22(2)26(24,25)14-5-9-23(10-6-14)17-15(18)11-20-12-16(17)19/h12-17H,3-11,19H2,1-2H3. The van der Waals surface area contributed by atoms with Gasteiger partial charge in [-0.05, 0) is 58.9 Å². The molecule has 0 aromatic rings. The van der Waals surface area contributed by atoms with E-state index in [-0.39, 0.29) is 23.9 Å². The third-order valence-corrected chi connectivity index (χ3v) is 8.66. The molecule has 0 spiro atoms. The Morgan fingerprint density at radius 2 is 1.77 bits per heavy atom. The largest absolute Gasteiger partial charge is 0.322 e. The molecule has 3 unspecified atom stereocenters. The summed E-state index contributed by atoms with van der Waals surface area (Å²) in [6.45, 7) is 3.15. The van der Waals surface area contributed by atoms with Crippen LogP contribution in [0.25, 0.3) is 0 Å². The number of nitrogens with two attached hydrogens (primary N) is 1. The van der Waals surface area contributed by atoms with Gasteiger partial charge in [0.25, 0.3) is 0 Å². The van der Waals surface area contributed by atoms with E-state index in [0.717, 1.165) is 25.9 Å². The Morgan fingerprint density at radius 1 is 1.15 bits per heavy atom. The third-order valence-electron chi connectivity index (χ3n) is 6.25. The number of likely N-dealkylation sites (tertiary alicyclic amines) is 2. The first-order chi connectivity index (χ1) is 12.3. The van der Waals surface area contributed by atoms with Crippen molar-refractivity contribution in [2.24, 2.45) is 10.7 Å². The molecule has 9 heteroatoms. The molecule has 0 radical (unpaired) electrons. The van der Waals surface area contributed by atoms with Gasteiger partial charge in [0.15, 0.2) is 0 Å². The van der Waals surface area contributed by atoms with Gasteiger partial charge in [0, 0.05) is 19.3 Å². The molecule has 2 N–H and O–H groups in total. The topological polar surface area (TPSA) is 82.2 Å². The van der Waals surface area contributed by atoms with Gasteiger partial charge in [-0.15, -0.1) is 0 Å². The normalized spacial score (nSPS) is 33.8. The molecule has 0 aromatic carbocycles. The quantitative estimate of drug-likeness (QED) is 0.728. The van der Waals surface area contributed by atoms with Crippen molar-refractivity contribution in [2.75, 3.05) is 46.8 Å². The molecule has 0 saturated carbocycles. The van der Waals surface area contributed by atoms with Crippen LogP contribution in [0.2, 0.25) is 0 Å². The van der Waals surface area contributed by atoms with E-state index in [1.807, 2.05) is 4.90 Å². The van der Waals surface area contributed by atoms with Crippen LogP contribution >= 0.6 is 0 Å². The molecule has 0 aromatic heterocycles. The van der Waals surface area contributed by atoms with Crippen LogP contribution in [0.4, 0.5) is 4.39 Å². The van der Waals surface area contributed by atoms with Gasteiger partial charge in [0.1, 0.15) is 6.17 Å². The number of hydrogen-bond acceptors (Lipinski definition) is 6. The lowest BCUT2D eigenvalue weighted by Gasteiger charge is -2.42. The molecule has 0 amide bonds. The molecule has 2 fully saturated rings. The number of hydrogen-bond donors (Lipinski definition) is 1. The number of alkyl halides is 1. The number of sulfonamides is 1. The minimum Gasteiger partial charge on any atom is -0.322 e. The SMILES string of the molecule is CN1CCC(N(C)S(=O)(=O)C2CCN(C3C(N)C=NCC3F)CC2)CC1. The lowest BCUT2D eigenvalue weighted by Crippen LogP contribution is -2.59. The molecule has 150 valence electrons. The zero-order valence-electron chi connectivity index (χ0n) is 15.8. The lowest BCUT2D eigenvalue weighted by molar-refractivity contribution is 0.0863. The van der Waals surface area contributed by atoms with Crippen LogP contribution in [0.15, 0.2) is 4.99 Å². The average molecular weight is 390 g/mol. The fourth-order valence-corrected chi connectivity index (χ4v) is 6.37. The number of halogens is 1. The van der Waals surface area contributed by atoms with Crippen molar-refractivity contribution in [1.82, 2.24) is 14.1 Å². The van der Waals surface area contributed by atoms with Crippen molar-refractivity contribution < 1.29 is 12.8 Å². The summed E-state index contributed by atoms with van der Waals surface area (Å²) in [6.07, 6.45) is 3.37. The third kappa shape index (κ3) is 4.11. The summed E-state index contributed by atoms with van der Waals surface area (Å²) in [4.78, 5) is 8.21. The van der Waals surface area contributed by atoms with Gasteiger partial charge >= 0.3 is 0 Å². The van der Waals surface area contributed by atoms with E-state index in [1.54, 1.807) is 17.6 Å². The molecular weight excluding hydrogens is 357 g/mol. The fraction of sp³-hybridized carbons (Fsp3) is 0.941. The van der Waals surface area contributed by atoms with Gasteiger partial charge in [-0.1, -0.05) is 0 Å². The van der Waals surface area contributed by atoms with Crippen LogP contribution in [-0.2, 0) is 10.0 Å². The van der Waals surface area contributed by atoms with Gasteiger partial charge < -0.3 is 10.6 Å². The van der Waals surface area contributed by atoms with Crippen molar-refractivity contribution in [3.8, 4) is 0 Å². The predicted molar refractivity (Wildman–Crippen MR) is 102 cm³/mol. The molecule has 0 aliphatic carbocycles. The smallest absolute Gasteiger partial charge is 0.217 e. The highest BCUT2D eigenvalue weighted by Gasteiger charge is 2.41. The minimum absolute atomic E-state index is 0.0902. The Balaban J connectivity index is 1.59. The summed E-state index contributed by atoms with van der Waals surface area (Å²) >= 11 is 0. The molecule has 3 aliphatic rings. The van der Waals surface area contributed by atoms with Crippen LogP contribution in [-0.4, -0.2) is 105 Å². The van der Waals surface area contributed by atoms with E-state index in [2.05, 4.69) is 16.9 Å². The van der Waals surface area contributed by atoms with Crippen molar-refractivity contribution in [3.63, 3.8) is 0 Å². The molecule has 3 aliphatic heterocycles. The van der Waals surface area contributed by atoms with E-state index in [1.165, 1.54) is 0 Å². The highest BCUT2D eigenvalue weighted by atomic mass is 32.2. The molecule has 3 rings (SSSR count). The fourth-order valence-electron chi connectivity index (χ4n) is 4.47. The van der Waals surface area contributed by atoms with Crippen LogP contribution < -0.4 is 5.73 Å². The highest BCUT2D eigenvalue weighted by molar-refractivity contribution is 7.89. The monoisotopic (exact) mass is 389 g/mol. The Morgan fingerprint density at radius 3 is 2.35 bits per heavy atom. The van der Waals surface area contributed by atoms with Gasteiger partial charge in [-0.2, -0.15) is 0 Å². The van der Waals surface area contributed by atoms with E-state index in [4.69, 9.17) is 5.73 Å². The van der Waals surface area contributed by atoms with Gasteiger partial charge in [0.2, 0.25) is 10.0 Å². The second-order valence-electron chi connectivity index (χ2n) is 7.93. The maximum absolute atomic E-state index is 14.3. The van der Waals surface area contributed by atoms with E-state index in [9.17, 15) is 12.8 Å². The first-order valence-electron chi connectivity index (χ1n) is 9.59. The van der Waals surface area contributed by atoms with Crippen molar-refractivity contribution >= 4 is 16.2 Å². The Labute approximate surface area is 156 Å². The summed E-state index contributed by atoms with van der Waals surface area (Å²) in [7, 11) is 0.470. The van der Waals surface area contributed by atoms with E-state index >= 15 is 0 Å². The molecule has 0 bridgehead atoms. The number of aliphatic imine (C=N–C) groups is 1. The zero-order valence-corrected chi connectivity index (χ0v) is 16.6. The van der Waals surface area contributed by atoms with Crippen molar-refractivity contribution in [1.29, 1.82) is 0 Å². The minimum atomic E-state index is -3.32. The summed E-state index contributed by atoms with van der Waals surface area (Å²) in [6, 6.07) is -0.719. The van der Waals surface area contributed by atoms with Crippen LogP contribution in [0, 0.1) is 0 Å². The number of nitrogens with zero attached hydrogens (tertiary/aromatic N) is 4. The van der Waals surface area contributed by atoms with Crippen LogP contribution in [0.1, 0.15) is 25.7 Å². The van der Waals surface area contributed by atoms with E-state index < -0.39 is 22.2 Å². The number of rotatable bonds is 4. The Hall–Kier alpha value is -0.610. The second-order valence-corrected chi connectivity index (χ2v) is 10.2. The predicted octanol–water partition coefficient (Wildman–Crippen LogP) is -0.0750. The lowest BCUT2D eigenvalue weighted by atomic mass is 9.97. The maximum Gasteiger partial charge on any atom is 0.217 e. The van der Waals surface area contributed by atoms with Crippen molar-refractivity contribution in [2.45, 2.75) is 55.2 Å². The highest BCUT2D eigenvalue weighted by Crippen LogP contribution is 2.27. The van der Waals surface area contributed by atoms with Gasteiger partial charge in [0.05, 0.1) is 23.9 Å². The molecule has 26 heavy (non-hydrogen) atoms. The van der Waals surface area contributed by atoms with E-state index in [0.29, 0.717) is 25.9 Å². The van der Waals surface area contributed by atoms with Crippen LogP contribution in [0.3, 0.4) is 0 Å². The summed E-state index contributed by atoms with van der Waals surface area (Å²) < 4.78 is 42.0. The molecule has 3 atom stereocenters. The second kappa shape index (κ2) is 8.18. The van der Waals surface area contributed by atoms with Gasteiger partial charge in [-0.25, -0.2) is 17.1 Å². The average Bonchev–Trinajstić information content (AvgIpc) is 2.62. The maximum atomic E-state index is 14.3. The molecule has 3 heterocycles. The zero-order chi connectivity index (χ0) is 18.9. The Kier molecular flexibility index (Phi) is 6.33. The summed E-state index contributed by atoms with van der Waals surface area (Å²) in [5, 5.41) is -0.380. The summed E-state index contributed by atoms with van der Waals surface area (Å²) in [5.41, 5.74) is 6.02. The summed E-state index contributed by atoms with van der Waals surface area (Å²) in [5.74, 6) is 0. The first kappa shape index (κ1) is 20.1. The Bertz CT molecular complexity index is 600. The van der Waals surface area contributed by atoms with Gasteiger partial charge in [-0.3, -0.25) is 9.89 Å². The molecule has 2 saturated heterocycles.